The van der Waals surface area contributed by atoms with Crippen molar-refractivity contribution in [2.75, 3.05) is 26.1 Å². The molecule has 0 aliphatic carbocycles. The van der Waals surface area contributed by atoms with Gasteiger partial charge in [0, 0.05) is 17.6 Å². The molecule has 0 saturated carbocycles. The molecule has 2 aromatic rings. The van der Waals surface area contributed by atoms with E-state index >= 15 is 0 Å². The number of thiazole rings is 1. The van der Waals surface area contributed by atoms with E-state index in [0.29, 0.717) is 17.5 Å². The maximum atomic E-state index is 11.7. The van der Waals surface area contributed by atoms with E-state index in [-0.39, 0.29) is 6.61 Å². The topological polar surface area (TPSA) is 83.7 Å². The third-order valence-corrected chi connectivity index (χ3v) is 3.92. The third kappa shape index (κ3) is 4.67. The van der Waals surface area contributed by atoms with E-state index in [1.807, 2.05) is 19.1 Å². The lowest BCUT2D eigenvalue weighted by atomic mass is 10.1. The standard InChI is InChI=1S/C16H20N2O4S/c1-10(15(19)21-9-8-20-3)22-13-6-4-12(5-7-13)14-11(2)23-16(17)18-14/h4-7,10H,8-9H2,1-3H3,(H2,17,18). The van der Waals surface area contributed by atoms with Crippen molar-refractivity contribution in [3.63, 3.8) is 0 Å². The van der Waals surface area contributed by atoms with E-state index in [4.69, 9.17) is 19.9 Å². The molecular formula is C16H20N2O4S. The molecule has 2 rings (SSSR count). The Morgan fingerprint density at radius 2 is 2.00 bits per heavy atom. The summed E-state index contributed by atoms with van der Waals surface area (Å²) in [4.78, 5) is 17.1. The molecule has 0 radical (unpaired) electrons. The number of nitrogens with two attached hydrogens (primary N) is 1. The minimum atomic E-state index is -0.686. The summed E-state index contributed by atoms with van der Waals surface area (Å²) in [6, 6.07) is 7.37. The van der Waals surface area contributed by atoms with Crippen LogP contribution in [0.1, 0.15) is 11.8 Å². The SMILES string of the molecule is COCCOC(=O)C(C)Oc1ccc(-c2nc(N)sc2C)cc1. The van der Waals surface area contributed by atoms with Crippen LogP contribution in [0.25, 0.3) is 11.3 Å². The number of hydrogen-bond donors (Lipinski definition) is 1. The highest BCUT2D eigenvalue weighted by Crippen LogP contribution is 2.29. The number of anilines is 1. The molecule has 23 heavy (non-hydrogen) atoms. The highest BCUT2D eigenvalue weighted by molar-refractivity contribution is 7.15. The first-order valence-electron chi connectivity index (χ1n) is 7.17. The minimum absolute atomic E-state index is 0.215. The number of ether oxygens (including phenoxy) is 3. The Morgan fingerprint density at radius 1 is 1.30 bits per heavy atom. The van der Waals surface area contributed by atoms with Gasteiger partial charge in [-0.15, -0.1) is 11.3 Å². The molecule has 1 aromatic heterocycles. The molecule has 1 heterocycles. The first kappa shape index (κ1) is 17.2. The maximum absolute atomic E-state index is 11.7. The van der Waals surface area contributed by atoms with Crippen LogP contribution in [-0.4, -0.2) is 37.4 Å². The van der Waals surface area contributed by atoms with Gasteiger partial charge in [-0.1, -0.05) is 0 Å². The number of aromatic nitrogens is 1. The zero-order chi connectivity index (χ0) is 16.8. The lowest BCUT2D eigenvalue weighted by Gasteiger charge is -2.14. The van der Waals surface area contributed by atoms with Gasteiger partial charge in [0.1, 0.15) is 12.4 Å². The smallest absolute Gasteiger partial charge is 0.347 e. The first-order valence-corrected chi connectivity index (χ1v) is 7.98. The first-order chi connectivity index (χ1) is 11.0. The van der Waals surface area contributed by atoms with E-state index in [9.17, 15) is 4.79 Å². The molecule has 0 bridgehead atoms. The largest absolute Gasteiger partial charge is 0.479 e. The molecular weight excluding hydrogens is 316 g/mol. The molecule has 0 spiro atoms. The van der Waals surface area contributed by atoms with Crippen LogP contribution in [-0.2, 0) is 14.3 Å². The van der Waals surface area contributed by atoms with E-state index in [0.717, 1.165) is 16.1 Å². The molecule has 124 valence electrons. The van der Waals surface area contributed by atoms with Crippen molar-refractivity contribution in [2.45, 2.75) is 20.0 Å². The Labute approximate surface area is 139 Å². The fourth-order valence-electron chi connectivity index (χ4n) is 1.97. The average Bonchev–Trinajstić information content (AvgIpc) is 2.86. The number of rotatable bonds is 7. The summed E-state index contributed by atoms with van der Waals surface area (Å²) in [6.07, 6.45) is -0.686. The number of nitrogen functional groups attached to an aromatic ring is 1. The van der Waals surface area contributed by atoms with Gasteiger partial charge in [0.25, 0.3) is 0 Å². The minimum Gasteiger partial charge on any atom is -0.479 e. The van der Waals surface area contributed by atoms with Crippen LogP contribution in [0.2, 0.25) is 0 Å². The number of benzene rings is 1. The summed E-state index contributed by atoms with van der Waals surface area (Å²) >= 11 is 1.46. The van der Waals surface area contributed by atoms with Crippen LogP contribution in [0, 0.1) is 6.92 Å². The molecule has 0 aliphatic rings. The zero-order valence-electron chi connectivity index (χ0n) is 13.4. The number of carbonyl (C=O) groups is 1. The quantitative estimate of drug-likeness (QED) is 0.618. The molecule has 0 fully saturated rings. The van der Waals surface area contributed by atoms with Gasteiger partial charge in [-0.3, -0.25) is 0 Å². The number of carbonyl (C=O) groups excluding carboxylic acids is 1. The summed E-state index contributed by atoms with van der Waals surface area (Å²) in [5.41, 5.74) is 7.54. The second-order valence-corrected chi connectivity index (χ2v) is 6.14. The maximum Gasteiger partial charge on any atom is 0.347 e. The normalized spacial score (nSPS) is 12.0. The molecule has 0 saturated heterocycles. The lowest BCUT2D eigenvalue weighted by molar-refractivity contribution is -0.152. The summed E-state index contributed by atoms with van der Waals surface area (Å²) < 4.78 is 15.4. The third-order valence-electron chi connectivity index (χ3n) is 3.12. The highest BCUT2D eigenvalue weighted by atomic mass is 32.1. The molecule has 1 aromatic carbocycles. The van der Waals surface area contributed by atoms with Crippen molar-refractivity contribution in [1.29, 1.82) is 0 Å². The summed E-state index contributed by atoms with van der Waals surface area (Å²) in [5.74, 6) is 0.167. The Bertz CT molecular complexity index is 655. The number of hydrogen-bond acceptors (Lipinski definition) is 7. The average molecular weight is 336 g/mol. The lowest BCUT2D eigenvalue weighted by Crippen LogP contribution is -2.27. The Kier molecular flexibility index (Phi) is 5.95. The van der Waals surface area contributed by atoms with Crippen LogP contribution in [0.4, 0.5) is 5.13 Å². The number of esters is 1. The van der Waals surface area contributed by atoms with Crippen molar-refractivity contribution < 1.29 is 19.0 Å². The van der Waals surface area contributed by atoms with Gasteiger partial charge < -0.3 is 19.9 Å². The zero-order valence-corrected chi connectivity index (χ0v) is 14.2. The molecule has 7 heteroatoms. The van der Waals surface area contributed by atoms with Crippen molar-refractivity contribution in [3.05, 3.63) is 29.1 Å². The fraction of sp³-hybridized carbons (Fsp3) is 0.375. The van der Waals surface area contributed by atoms with Gasteiger partial charge in [0.05, 0.1) is 12.3 Å². The van der Waals surface area contributed by atoms with E-state index in [1.165, 1.54) is 11.3 Å². The summed E-state index contributed by atoms with van der Waals surface area (Å²) in [5, 5.41) is 0.547. The second kappa shape index (κ2) is 7.94. The molecule has 0 aliphatic heterocycles. The molecule has 0 amide bonds. The van der Waals surface area contributed by atoms with Crippen LogP contribution < -0.4 is 10.5 Å². The molecule has 1 atom stereocenters. The van der Waals surface area contributed by atoms with Crippen molar-refractivity contribution in [3.8, 4) is 17.0 Å². The Morgan fingerprint density at radius 3 is 2.57 bits per heavy atom. The van der Waals surface area contributed by atoms with Gasteiger partial charge in [-0.05, 0) is 38.1 Å². The molecule has 6 nitrogen and oxygen atoms in total. The second-order valence-electron chi connectivity index (χ2n) is 4.90. The number of nitrogens with zero attached hydrogens (tertiary/aromatic N) is 1. The van der Waals surface area contributed by atoms with Gasteiger partial charge in [0.2, 0.25) is 0 Å². The van der Waals surface area contributed by atoms with Gasteiger partial charge in [-0.25, -0.2) is 9.78 Å². The predicted octanol–water partition coefficient (Wildman–Crippen LogP) is 2.66. The van der Waals surface area contributed by atoms with E-state index < -0.39 is 12.1 Å². The molecule has 1 unspecified atom stereocenters. The van der Waals surface area contributed by atoms with Gasteiger partial charge in [-0.2, -0.15) is 0 Å². The van der Waals surface area contributed by atoms with Crippen molar-refractivity contribution in [2.24, 2.45) is 0 Å². The number of methoxy groups -OCH3 is 1. The fourth-order valence-corrected chi connectivity index (χ4v) is 2.68. The van der Waals surface area contributed by atoms with Crippen LogP contribution in [0.3, 0.4) is 0 Å². The van der Waals surface area contributed by atoms with Gasteiger partial charge in [0.15, 0.2) is 11.2 Å². The Balaban J connectivity index is 1.97. The summed E-state index contributed by atoms with van der Waals surface area (Å²) in [6.45, 7) is 4.20. The van der Waals surface area contributed by atoms with Crippen molar-refractivity contribution >= 4 is 22.4 Å². The van der Waals surface area contributed by atoms with Crippen molar-refractivity contribution in [1.82, 2.24) is 4.98 Å². The summed E-state index contributed by atoms with van der Waals surface area (Å²) in [7, 11) is 1.55. The van der Waals surface area contributed by atoms with E-state index in [1.54, 1.807) is 26.2 Å². The highest BCUT2D eigenvalue weighted by Gasteiger charge is 2.16. The molecule has 2 N–H and O–H groups in total. The van der Waals surface area contributed by atoms with Crippen LogP contribution in [0.15, 0.2) is 24.3 Å². The Hall–Kier alpha value is -2.12. The van der Waals surface area contributed by atoms with E-state index in [2.05, 4.69) is 4.98 Å². The van der Waals surface area contributed by atoms with Crippen LogP contribution in [0.5, 0.6) is 5.75 Å². The monoisotopic (exact) mass is 336 g/mol. The predicted molar refractivity (Wildman–Crippen MR) is 89.6 cm³/mol. The van der Waals surface area contributed by atoms with Gasteiger partial charge >= 0.3 is 5.97 Å². The van der Waals surface area contributed by atoms with Crippen LogP contribution >= 0.6 is 11.3 Å². The number of aryl methyl sites for hydroxylation is 1.